The van der Waals surface area contributed by atoms with Gasteiger partial charge in [0.2, 0.25) is 5.91 Å². The lowest BCUT2D eigenvalue weighted by Gasteiger charge is -2.31. The third-order valence-electron chi connectivity index (χ3n) is 5.55. The Labute approximate surface area is 153 Å². The minimum atomic E-state index is -0.532. The maximum absolute atomic E-state index is 13.0. The van der Waals surface area contributed by atoms with E-state index in [9.17, 15) is 14.4 Å². The fourth-order valence-corrected chi connectivity index (χ4v) is 3.98. The highest BCUT2D eigenvalue weighted by atomic mass is 16.5. The average molecular weight is 363 g/mol. The summed E-state index contributed by atoms with van der Waals surface area (Å²) in [6, 6.07) is 0. The van der Waals surface area contributed by atoms with Gasteiger partial charge in [0.25, 0.3) is 5.56 Å². The Hall–Kier alpha value is -1.89. The summed E-state index contributed by atoms with van der Waals surface area (Å²) in [7, 11) is 0. The number of aromatic nitrogens is 2. The van der Waals surface area contributed by atoms with Crippen molar-refractivity contribution in [1.82, 2.24) is 14.5 Å². The summed E-state index contributed by atoms with van der Waals surface area (Å²) in [5.74, 6) is 0.858. The molecule has 1 aliphatic carbocycles. The molecule has 0 spiro atoms. The summed E-state index contributed by atoms with van der Waals surface area (Å²) in [4.78, 5) is 40.7. The van der Waals surface area contributed by atoms with Crippen LogP contribution in [0.5, 0.6) is 0 Å². The van der Waals surface area contributed by atoms with Crippen LogP contribution in [-0.4, -0.2) is 46.7 Å². The number of carbonyl (C=O) groups excluding carboxylic acids is 1. The summed E-state index contributed by atoms with van der Waals surface area (Å²) in [5, 5.41) is 0. The van der Waals surface area contributed by atoms with Crippen molar-refractivity contribution in [2.24, 2.45) is 11.8 Å². The first-order valence-corrected chi connectivity index (χ1v) is 9.69. The molecule has 1 aliphatic heterocycles. The van der Waals surface area contributed by atoms with E-state index < -0.39 is 11.2 Å². The number of nitrogens with zero attached hydrogens (tertiary/aromatic N) is 2. The molecule has 2 heterocycles. The van der Waals surface area contributed by atoms with E-state index in [1.165, 1.54) is 42.9 Å². The maximum Gasteiger partial charge on any atom is 0.328 e. The lowest BCUT2D eigenvalue weighted by molar-refractivity contribution is -0.133. The monoisotopic (exact) mass is 363 g/mol. The van der Waals surface area contributed by atoms with Crippen molar-refractivity contribution in [2.45, 2.75) is 52.0 Å². The van der Waals surface area contributed by atoms with Crippen LogP contribution in [0.4, 0.5) is 0 Å². The van der Waals surface area contributed by atoms with Crippen LogP contribution in [0.1, 0.15) is 44.1 Å². The molecule has 26 heavy (non-hydrogen) atoms. The first kappa shape index (κ1) is 18.9. The standard InChI is InChI=1S/C19H29N3O4/c1-14-9-22(19(25)20-18(14)24)12-17(23)21(11-16-7-8-26-13-16)10-15-5-3-2-4-6-15/h9,15-16H,2-8,10-13H2,1H3,(H,20,24,25)/t16-/m1/s1. The molecule has 144 valence electrons. The molecule has 7 heteroatoms. The highest BCUT2D eigenvalue weighted by Crippen LogP contribution is 2.25. The first-order chi connectivity index (χ1) is 12.5. The van der Waals surface area contributed by atoms with Gasteiger partial charge in [0.15, 0.2) is 0 Å². The number of amides is 1. The molecule has 1 atom stereocenters. The number of nitrogens with one attached hydrogen (secondary N) is 1. The smallest absolute Gasteiger partial charge is 0.328 e. The van der Waals surface area contributed by atoms with Crippen LogP contribution in [0.3, 0.4) is 0 Å². The van der Waals surface area contributed by atoms with Crippen molar-refractivity contribution in [3.05, 3.63) is 32.6 Å². The van der Waals surface area contributed by atoms with Crippen LogP contribution >= 0.6 is 0 Å². The van der Waals surface area contributed by atoms with E-state index in [-0.39, 0.29) is 12.5 Å². The van der Waals surface area contributed by atoms with E-state index in [1.54, 1.807) is 6.92 Å². The predicted molar refractivity (Wildman–Crippen MR) is 98.1 cm³/mol. The number of H-pyrrole nitrogens is 1. The lowest BCUT2D eigenvalue weighted by Crippen LogP contribution is -2.43. The number of carbonyl (C=O) groups is 1. The van der Waals surface area contributed by atoms with Crippen LogP contribution in [0.15, 0.2) is 15.8 Å². The molecule has 0 unspecified atom stereocenters. The number of aromatic amines is 1. The van der Waals surface area contributed by atoms with Crippen LogP contribution < -0.4 is 11.2 Å². The Bertz CT molecular complexity index is 727. The minimum Gasteiger partial charge on any atom is -0.381 e. The minimum absolute atomic E-state index is 0.0310. The third kappa shape index (κ3) is 4.84. The Morgan fingerprint density at radius 3 is 2.62 bits per heavy atom. The van der Waals surface area contributed by atoms with Crippen LogP contribution in [-0.2, 0) is 16.1 Å². The van der Waals surface area contributed by atoms with Gasteiger partial charge in [0, 0.05) is 37.4 Å². The van der Waals surface area contributed by atoms with Crippen molar-refractivity contribution in [3.63, 3.8) is 0 Å². The van der Waals surface area contributed by atoms with E-state index in [1.807, 2.05) is 4.90 Å². The van der Waals surface area contributed by atoms with Crippen LogP contribution in [0.2, 0.25) is 0 Å². The second kappa shape index (κ2) is 8.66. The van der Waals surface area contributed by atoms with Gasteiger partial charge >= 0.3 is 5.69 Å². The second-order valence-electron chi connectivity index (χ2n) is 7.73. The molecule has 7 nitrogen and oxygen atoms in total. The van der Waals surface area contributed by atoms with Crippen molar-refractivity contribution in [2.75, 3.05) is 26.3 Å². The van der Waals surface area contributed by atoms with Gasteiger partial charge in [-0.1, -0.05) is 19.3 Å². The summed E-state index contributed by atoms with van der Waals surface area (Å²) >= 11 is 0. The molecule has 2 fully saturated rings. The Morgan fingerprint density at radius 1 is 1.19 bits per heavy atom. The van der Waals surface area contributed by atoms with Crippen LogP contribution in [0.25, 0.3) is 0 Å². The van der Waals surface area contributed by atoms with Gasteiger partial charge in [-0.2, -0.15) is 0 Å². The molecule has 0 radical (unpaired) electrons. The Kier molecular flexibility index (Phi) is 6.29. The quantitative estimate of drug-likeness (QED) is 0.825. The number of aryl methyl sites for hydroxylation is 1. The number of ether oxygens (including phenoxy) is 1. The summed E-state index contributed by atoms with van der Waals surface area (Å²) in [6.45, 7) is 4.51. The lowest BCUT2D eigenvalue weighted by atomic mass is 9.88. The molecular weight excluding hydrogens is 334 g/mol. The molecule has 1 N–H and O–H groups in total. The first-order valence-electron chi connectivity index (χ1n) is 9.69. The van der Waals surface area contributed by atoms with E-state index in [0.29, 0.717) is 30.6 Å². The van der Waals surface area contributed by atoms with Crippen molar-refractivity contribution < 1.29 is 9.53 Å². The normalized spacial score (nSPS) is 21.0. The zero-order chi connectivity index (χ0) is 18.5. The second-order valence-corrected chi connectivity index (χ2v) is 7.73. The third-order valence-corrected chi connectivity index (χ3v) is 5.55. The number of hydrogen-bond acceptors (Lipinski definition) is 4. The molecular formula is C19H29N3O4. The van der Waals surface area contributed by atoms with Crippen LogP contribution in [0, 0.1) is 18.8 Å². The van der Waals surface area contributed by atoms with E-state index in [4.69, 9.17) is 4.74 Å². The SMILES string of the molecule is Cc1cn(CC(=O)N(CC2CCCCC2)C[C@H]2CCOC2)c(=O)[nH]c1=O. The van der Waals surface area contributed by atoms with Gasteiger partial charge in [-0.15, -0.1) is 0 Å². The summed E-state index contributed by atoms with van der Waals surface area (Å²) < 4.78 is 6.76. The number of hydrogen-bond donors (Lipinski definition) is 1. The zero-order valence-corrected chi connectivity index (χ0v) is 15.5. The Balaban J connectivity index is 1.71. The highest BCUT2D eigenvalue weighted by Gasteiger charge is 2.26. The highest BCUT2D eigenvalue weighted by molar-refractivity contribution is 5.76. The van der Waals surface area contributed by atoms with E-state index in [2.05, 4.69) is 4.98 Å². The molecule has 2 aliphatic rings. The van der Waals surface area contributed by atoms with Crippen molar-refractivity contribution in [1.29, 1.82) is 0 Å². The maximum atomic E-state index is 13.0. The van der Waals surface area contributed by atoms with Gasteiger partial charge in [0.1, 0.15) is 6.54 Å². The molecule has 0 bridgehead atoms. The van der Waals surface area contributed by atoms with Gasteiger partial charge < -0.3 is 9.64 Å². The predicted octanol–water partition coefficient (Wildman–Crippen LogP) is 1.29. The van der Waals surface area contributed by atoms with Crippen molar-refractivity contribution in [3.8, 4) is 0 Å². The zero-order valence-electron chi connectivity index (χ0n) is 15.5. The van der Waals surface area contributed by atoms with Gasteiger partial charge in [-0.3, -0.25) is 19.1 Å². The molecule has 1 amide bonds. The summed E-state index contributed by atoms with van der Waals surface area (Å²) in [6.07, 6.45) is 8.54. The average Bonchev–Trinajstić information content (AvgIpc) is 3.13. The molecule has 3 rings (SSSR count). The number of rotatable bonds is 6. The largest absolute Gasteiger partial charge is 0.381 e. The van der Waals surface area contributed by atoms with Gasteiger partial charge in [-0.05, 0) is 32.1 Å². The molecule has 1 aromatic heterocycles. The van der Waals surface area contributed by atoms with Gasteiger partial charge in [-0.25, -0.2) is 4.79 Å². The van der Waals surface area contributed by atoms with E-state index in [0.717, 1.165) is 19.6 Å². The molecule has 1 saturated carbocycles. The molecule has 1 aromatic rings. The van der Waals surface area contributed by atoms with Crippen molar-refractivity contribution >= 4 is 5.91 Å². The fourth-order valence-electron chi connectivity index (χ4n) is 3.98. The molecule has 1 saturated heterocycles. The molecule has 0 aromatic carbocycles. The fraction of sp³-hybridized carbons (Fsp3) is 0.737. The Morgan fingerprint density at radius 2 is 1.92 bits per heavy atom. The van der Waals surface area contributed by atoms with E-state index >= 15 is 0 Å². The topological polar surface area (TPSA) is 84.4 Å². The van der Waals surface area contributed by atoms with Gasteiger partial charge in [0.05, 0.1) is 6.61 Å². The summed E-state index contributed by atoms with van der Waals surface area (Å²) in [5.41, 5.74) is -0.503.